The van der Waals surface area contributed by atoms with E-state index in [1.54, 1.807) is 7.05 Å². The quantitative estimate of drug-likeness (QED) is 0.743. The minimum absolute atomic E-state index is 0.696. The number of rotatable bonds is 3. The van der Waals surface area contributed by atoms with E-state index in [-0.39, 0.29) is 0 Å². The lowest BCUT2D eigenvalue weighted by Crippen LogP contribution is -1.91. The Labute approximate surface area is 107 Å². The molecule has 18 heavy (non-hydrogen) atoms. The van der Waals surface area contributed by atoms with Crippen molar-refractivity contribution in [3.63, 3.8) is 0 Å². The largest absolute Gasteiger partial charge is 0.297 e. The van der Waals surface area contributed by atoms with Crippen LogP contribution in [0.3, 0.4) is 0 Å². The van der Waals surface area contributed by atoms with Gasteiger partial charge >= 0.3 is 0 Å². The van der Waals surface area contributed by atoms with Gasteiger partial charge in [-0.25, -0.2) is 0 Å². The first-order chi connectivity index (χ1) is 8.90. The van der Waals surface area contributed by atoms with Crippen LogP contribution in [-0.2, 0) is 0 Å². The monoisotopic (exact) mass is 236 g/mol. The van der Waals surface area contributed by atoms with Crippen LogP contribution in [0.5, 0.6) is 0 Å². The Hall–Kier alpha value is -1.96. The summed E-state index contributed by atoms with van der Waals surface area (Å²) in [7, 11) is 1.79. The summed E-state index contributed by atoms with van der Waals surface area (Å²) in [6.07, 6.45) is 10.4. The molecule has 0 N–H and O–H groups in total. The first-order valence-electron chi connectivity index (χ1n) is 6.36. The molecule has 1 aliphatic carbocycles. The molecule has 0 atom stereocenters. The molecule has 1 aromatic heterocycles. The highest BCUT2D eigenvalue weighted by molar-refractivity contribution is 5.88. The van der Waals surface area contributed by atoms with Crippen molar-refractivity contribution < 1.29 is 0 Å². The molecule has 1 fully saturated rings. The van der Waals surface area contributed by atoms with E-state index in [2.05, 4.69) is 34.3 Å². The fourth-order valence-electron chi connectivity index (χ4n) is 2.36. The summed E-state index contributed by atoms with van der Waals surface area (Å²) in [5.41, 5.74) is 3.85. The number of benzene rings is 1. The van der Waals surface area contributed by atoms with Crippen molar-refractivity contribution in [3.05, 3.63) is 47.7 Å². The highest BCUT2D eigenvalue weighted by Gasteiger charge is 2.27. The zero-order chi connectivity index (χ0) is 12.4. The fraction of sp³-hybridized carbons (Fsp3) is 0.250. The second-order valence-corrected chi connectivity index (χ2v) is 4.68. The molecule has 0 aliphatic heterocycles. The Bertz CT molecular complexity index is 622. The number of nitrogens with zero attached hydrogens (tertiary/aromatic N) is 2. The van der Waals surface area contributed by atoms with E-state index in [1.807, 2.05) is 24.6 Å². The number of hydrogen-bond acceptors (Lipinski definition) is 2. The maximum absolute atomic E-state index is 4.56. The second-order valence-electron chi connectivity index (χ2n) is 4.68. The first kappa shape index (κ1) is 11.1. The van der Waals surface area contributed by atoms with Gasteiger partial charge in [-0.1, -0.05) is 24.3 Å². The first-order valence-corrected chi connectivity index (χ1v) is 6.36. The van der Waals surface area contributed by atoms with Gasteiger partial charge in [0.05, 0.1) is 5.52 Å². The van der Waals surface area contributed by atoms with E-state index in [1.165, 1.54) is 29.4 Å². The average Bonchev–Trinajstić information content (AvgIpc) is 3.23. The molecule has 1 saturated carbocycles. The number of allylic oxidation sites excluding steroid dienone is 1. The highest BCUT2D eigenvalue weighted by Crippen LogP contribution is 2.44. The van der Waals surface area contributed by atoms with Crippen molar-refractivity contribution in [2.75, 3.05) is 7.05 Å². The van der Waals surface area contributed by atoms with Crippen molar-refractivity contribution in [1.82, 2.24) is 4.98 Å². The molecule has 2 nitrogen and oxygen atoms in total. The molecule has 3 rings (SSSR count). The smallest absolute Gasteiger partial charge is 0.0742 e. The summed E-state index contributed by atoms with van der Waals surface area (Å²) in [4.78, 5) is 8.54. The van der Waals surface area contributed by atoms with Gasteiger partial charge in [0.1, 0.15) is 0 Å². The third-order valence-corrected chi connectivity index (χ3v) is 3.34. The van der Waals surface area contributed by atoms with Crippen LogP contribution in [-0.4, -0.2) is 18.2 Å². The SMILES string of the molecule is C/N=C/C=C\c1ccc2cccnc2c1C1CC1. The molecule has 2 heteroatoms. The van der Waals surface area contributed by atoms with E-state index < -0.39 is 0 Å². The van der Waals surface area contributed by atoms with Crippen LogP contribution in [0.2, 0.25) is 0 Å². The van der Waals surface area contributed by atoms with E-state index in [0.717, 1.165) is 5.52 Å². The Morgan fingerprint density at radius 3 is 2.94 bits per heavy atom. The lowest BCUT2D eigenvalue weighted by molar-refractivity contribution is 1.13. The minimum Gasteiger partial charge on any atom is -0.297 e. The lowest BCUT2D eigenvalue weighted by atomic mass is 9.99. The Balaban J connectivity index is 2.16. The van der Waals surface area contributed by atoms with Gasteiger partial charge < -0.3 is 0 Å². The molecule has 0 spiro atoms. The molecular formula is C16H16N2. The van der Waals surface area contributed by atoms with Crippen LogP contribution in [0.25, 0.3) is 17.0 Å². The Morgan fingerprint density at radius 2 is 2.17 bits per heavy atom. The van der Waals surface area contributed by atoms with Crippen molar-refractivity contribution in [1.29, 1.82) is 0 Å². The van der Waals surface area contributed by atoms with Gasteiger partial charge in [0.25, 0.3) is 0 Å². The van der Waals surface area contributed by atoms with Crippen LogP contribution in [0.1, 0.15) is 29.9 Å². The fourth-order valence-corrected chi connectivity index (χ4v) is 2.36. The van der Waals surface area contributed by atoms with Gasteiger partial charge in [0, 0.05) is 24.8 Å². The maximum Gasteiger partial charge on any atom is 0.0742 e. The van der Waals surface area contributed by atoms with E-state index in [9.17, 15) is 0 Å². The second kappa shape index (κ2) is 4.73. The van der Waals surface area contributed by atoms with Crippen molar-refractivity contribution >= 4 is 23.2 Å². The molecule has 0 unspecified atom stereocenters. The molecule has 2 aromatic rings. The standard InChI is InChI=1S/C16H16N2/c1-17-10-2-4-12-8-9-14-5-3-11-18-16(14)15(12)13-6-7-13/h2-5,8-11,13H,6-7H2,1H3/b4-2-,17-10+. The van der Waals surface area contributed by atoms with Crippen LogP contribution in [0, 0.1) is 0 Å². The summed E-state index contributed by atoms with van der Waals surface area (Å²) < 4.78 is 0. The number of aromatic nitrogens is 1. The van der Waals surface area contributed by atoms with Crippen LogP contribution < -0.4 is 0 Å². The predicted octanol–water partition coefficient (Wildman–Crippen LogP) is 3.83. The summed E-state index contributed by atoms with van der Waals surface area (Å²) in [6, 6.07) is 8.47. The van der Waals surface area contributed by atoms with E-state index in [4.69, 9.17) is 0 Å². The summed E-state index contributed by atoms with van der Waals surface area (Å²) >= 11 is 0. The third-order valence-electron chi connectivity index (χ3n) is 3.34. The summed E-state index contributed by atoms with van der Waals surface area (Å²) in [5.74, 6) is 0.696. The van der Waals surface area contributed by atoms with Crippen molar-refractivity contribution in [3.8, 4) is 0 Å². The minimum atomic E-state index is 0.696. The molecule has 1 aromatic carbocycles. The van der Waals surface area contributed by atoms with Gasteiger partial charge in [-0.3, -0.25) is 9.98 Å². The van der Waals surface area contributed by atoms with E-state index >= 15 is 0 Å². The van der Waals surface area contributed by atoms with Crippen LogP contribution in [0.4, 0.5) is 0 Å². The number of aliphatic imine (C=N–C) groups is 1. The highest BCUT2D eigenvalue weighted by atomic mass is 14.7. The van der Waals surface area contributed by atoms with Gasteiger partial charge in [-0.15, -0.1) is 0 Å². The summed E-state index contributed by atoms with van der Waals surface area (Å²) in [6.45, 7) is 0. The van der Waals surface area contributed by atoms with Gasteiger partial charge in [0.2, 0.25) is 0 Å². The van der Waals surface area contributed by atoms with Crippen molar-refractivity contribution in [2.24, 2.45) is 4.99 Å². The average molecular weight is 236 g/mol. The molecule has 0 saturated heterocycles. The Morgan fingerprint density at radius 1 is 1.28 bits per heavy atom. The topological polar surface area (TPSA) is 25.2 Å². The normalized spacial score (nSPS) is 16.1. The van der Waals surface area contributed by atoms with Crippen LogP contribution >= 0.6 is 0 Å². The van der Waals surface area contributed by atoms with Gasteiger partial charge in [-0.05, 0) is 42.0 Å². The van der Waals surface area contributed by atoms with Gasteiger partial charge in [-0.2, -0.15) is 0 Å². The molecule has 1 heterocycles. The number of hydrogen-bond donors (Lipinski definition) is 0. The van der Waals surface area contributed by atoms with Crippen molar-refractivity contribution in [2.45, 2.75) is 18.8 Å². The zero-order valence-corrected chi connectivity index (χ0v) is 10.5. The maximum atomic E-state index is 4.56. The van der Waals surface area contributed by atoms with E-state index in [0.29, 0.717) is 5.92 Å². The molecule has 0 radical (unpaired) electrons. The predicted molar refractivity (Wildman–Crippen MR) is 77.2 cm³/mol. The molecule has 90 valence electrons. The Kier molecular flexibility index (Phi) is 2.93. The lowest BCUT2D eigenvalue weighted by Gasteiger charge is -2.08. The number of fused-ring (bicyclic) bond motifs is 1. The van der Waals surface area contributed by atoms with Crippen LogP contribution in [0.15, 0.2) is 41.5 Å². The molecule has 1 aliphatic rings. The molecule has 0 bridgehead atoms. The third kappa shape index (κ3) is 2.06. The molecular weight excluding hydrogens is 220 g/mol. The summed E-state index contributed by atoms with van der Waals surface area (Å²) in [5, 5.41) is 1.24. The molecule has 0 amide bonds. The number of pyridine rings is 1. The van der Waals surface area contributed by atoms with Gasteiger partial charge in [0.15, 0.2) is 0 Å². The zero-order valence-electron chi connectivity index (χ0n) is 10.5.